The van der Waals surface area contributed by atoms with E-state index in [1.807, 2.05) is 11.8 Å². The van der Waals surface area contributed by atoms with Crippen molar-refractivity contribution in [1.82, 2.24) is 18.5 Å². The molecular weight excluding hydrogens is 423 g/mol. The summed E-state index contributed by atoms with van der Waals surface area (Å²) in [5.74, 6) is -0.378. The summed E-state index contributed by atoms with van der Waals surface area (Å²) in [5, 5.41) is 5.37. The second-order valence-corrected chi connectivity index (χ2v) is 9.68. The smallest absolute Gasteiger partial charge is 0.308 e. The van der Waals surface area contributed by atoms with Crippen LogP contribution in [0.15, 0.2) is 36.5 Å². The number of nitrogens with zero attached hydrogens (tertiary/aromatic N) is 4. The van der Waals surface area contributed by atoms with Gasteiger partial charge in [0.25, 0.3) is 10.2 Å². The van der Waals surface area contributed by atoms with Gasteiger partial charge >= 0.3 is 6.03 Å². The lowest BCUT2D eigenvalue weighted by atomic mass is 10.1. The van der Waals surface area contributed by atoms with Gasteiger partial charge in [0, 0.05) is 63.8 Å². The molecule has 2 N–H and O–H groups in total. The number of hydrogen-bond acceptors (Lipinski definition) is 5. The normalized spacial score (nSPS) is 15.8. The average molecular weight is 451 g/mol. The second kappa shape index (κ2) is 9.69. The predicted molar refractivity (Wildman–Crippen MR) is 117 cm³/mol. The Kier molecular flexibility index (Phi) is 7.21. The van der Waals surface area contributed by atoms with Crippen LogP contribution in [0.2, 0.25) is 0 Å². The standard InChI is InChI=1S/C20H27FN6O3S/c1-15-4-5-18(13-22-15)24-20(28)23-17-6-7-19(21)16(12-17)14-26-8-10-27(11-9-26)31(29,30)25(2)3/h4-7,12-13H,8-11,14H2,1-3H3,(H2,23,24,28). The topological polar surface area (TPSA) is 97.9 Å². The Morgan fingerprint density at radius 1 is 1.10 bits per heavy atom. The zero-order valence-corrected chi connectivity index (χ0v) is 18.6. The summed E-state index contributed by atoms with van der Waals surface area (Å²) in [6, 6.07) is 7.47. The number of piperazine rings is 1. The van der Waals surface area contributed by atoms with Crippen molar-refractivity contribution in [1.29, 1.82) is 0 Å². The molecule has 1 fully saturated rings. The molecule has 2 heterocycles. The Hall–Kier alpha value is -2.60. The van der Waals surface area contributed by atoms with Crippen molar-refractivity contribution in [3.05, 3.63) is 53.6 Å². The van der Waals surface area contributed by atoms with Crippen LogP contribution >= 0.6 is 0 Å². The molecule has 0 spiro atoms. The number of aryl methyl sites for hydroxylation is 1. The molecule has 0 saturated carbocycles. The van der Waals surface area contributed by atoms with E-state index in [-0.39, 0.29) is 5.82 Å². The van der Waals surface area contributed by atoms with E-state index >= 15 is 0 Å². The molecule has 9 nitrogen and oxygen atoms in total. The third kappa shape index (κ3) is 5.97. The molecule has 2 amide bonds. The van der Waals surface area contributed by atoms with E-state index in [0.717, 1.165) is 5.69 Å². The highest BCUT2D eigenvalue weighted by atomic mass is 32.2. The van der Waals surface area contributed by atoms with Crippen LogP contribution in [0.3, 0.4) is 0 Å². The highest BCUT2D eigenvalue weighted by Gasteiger charge is 2.28. The van der Waals surface area contributed by atoms with Crippen LogP contribution < -0.4 is 10.6 Å². The van der Waals surface area contributed by atoms with Crippen LogP contribution in [-0.4, -0.2) is 73.2 Å². The molecule has 31 heavy (non-hydrogen) atoms. The van der Waals surface area contributed by atoms with E-state index in [4.69, 9.17) is 0 Å². The molecule has 0 radical (unpaired) electrons. The Labute approximate surface area is 182 Å². The minimum Gasteiger partial charge on any atom is -0.308 e. The number of benzene rings is 1. The van der Waals surface area contributed by atoms with Crippen LogP contribution in [0.1, 0.15) is 11.3 Å². The van der Waals surface area contributed by atoms with Gasteiger partial charge in [-0.05, 0) is 37.3 Å². The average Bonchev–Trinajstić information content (AvgIpc) is 2.72. The summed E-state index contributed by atoms with van der Waals surface area (Å²) in [5.41, 5.74) is 2.28. The van der Waals surface area contributed by atoms with Crippen LogP contribution in [0.5, 0.6) is 0 Å². The van der Waals surface area contributed by atoms with Crippen molar-refractivity contribution in [3.8, 4) is 0 Å². The number of urea groups is 1. The molecule has 2 aromatic rings. The first-order valence-electron chi connectivity index (χ1n) is 9.84. The van der Waals surface area contributed by atoms with Crippen molar-refractivity contribution in [3.63, 3.8) is 0 Å². The summed E-state index contributed by atoms with van der Waals surface area (Å²) in [4.78, 5) is 18.3. The number of halogens is 1. The van der Waals surface area contributed by atoms with Gasteiger partial charge in [0.1, 0.15) is 5.82 Å². The number of hydrogen-bond donors (Lipinski definition) is 2. The van der Waals surface area contributed by atoms with Crippen LogP contribution in [-0.2, 0) is 16.8 Å². The number of carbonyl (C=O) groups excluding carboxylic acids is 1. The molecule has 1 aromatic carbocycles. The zero-order chi connectivity index (χ0) is 22.6. The SMILES string of the molecule is Cc1ccc(NC(=O)Nc2ccc(F)c(CN3CCN(S(=O)(=O)N(C)C)CC3)c2)cn1. The number of nitrogens with one attached hydrogen (secondary N) is 2. The predicted octanol–water partition coefficient (Wildman–Crippen LogP) is 2.10. The van der Waals surface area contributed by atoms with Gasteiger partial charge in [0.05, 0.1) is 11.9 Å². The quantitative estimate of drug-likeness (QED) is 0.702. The molecular formula is C20H27FN6O3S. The molecule has 1 aliphatic heterocycles. The fourth-order valence-corrected chi connectivity index (χ4v) is 4.29. The van der Waals surface area contributed by atoms with E-state index in [9.17, 15) is 17.6 Å². The van der Waals surface area contributed by atoms with Crippen molar-refractivity contribution < 1.29 is 17.6 Å². The summed E-state index contributed by atoms with van der Waals surface area (Å²) < 4.78 is 41.4. The van der Waals surface area contributed by atoms with Crippen LogP contribution in [0.4, 0.5) is 20.6 Å². The first-order chi connectivity index (χ1) is 14.6. The molecule has 0 unspecified atom stereocenters. The molecule has 1 aliphatic rings. The van der Waals surface area contributed by atoms with Gasteiger partial charge in [0.2, 0.25) is 0 Å². The molecule has 1 aromatic heterocycles. The Morgan fingerprint density at radius 2 is 1.74 bits per heavy atom. The van der Waals surface area contributed by atoms with Gasteiger partial charge in [-0.3, -0.25) is 9.88 Å². The number of amides is 2. The van der Waals surface area contributed by atoms with Crippen molar-refractivity contribution in [2.75, 3.05) is 50.9 Å². The summed E-state index contributed by atoms with van der Waals surface area (Å²) in [6.45, 7) is 3.84. The Balaban J connectivity index is 1.59. The fraction of sp³-hybridized carbons (Fsp3) is 0.400. The zero-order valence-electron chi connectivity index (χ0n) is 17.8. The maximum atomic E-state index is 14.3. The Bertz CT molecular complexity index is 1020. The number of aromatic nitrogens is 1. The fourth-order valence-electron chi connectivity index (χ4n) is 3.20. The van der Waals surface area contributed by atoms with E-state index in [1.165, 1.54) is 34.8 Å². The lowest BCUT2D eigenvalue weighted by Crippen LogP contribution is -2.51. The van der Waals surface area contributed by atoms with Gasteiger partial charge in [-0.1, -0.05) is 0 Å². The van der Waals surface area contributed by atoms with Crippen molar-refractivity contribution >= 4 is 27.6 Å². The molecule has 0 bridgehead atoms. The summed E-state index contributed by atoms with van der Waals surface area (Å²) in [6.07, 6.45) is 1.56. The maximum absolute atomic E-state index is 14.3. The molecule has 0 aliphatic carbocycles. The second-order valence-electron chi connectivity index (χ2n) is 7.54. The number of rotatable bonds is 6. The molecule has 3 rings (SSSR count). The Morgan fingerprint density at radius 3 is 2.35 bits per heavy atom. The van der Waals surface area contributed by atoms with Crippen LogP contribution in [0, 0.1) is 12.7 Å². The lowest BCUT2D eigenvalue weighted by Gasteiger charge is -2.35. The van der Waals surface area contributed by atoms with E-state index in [0.29, 0.717) is 49.7 Å². The molecule has 168 valence electrons. The van der Waals surface area contributed by atoms with Gasteiger partial charge in [-0.25, -0.2) is 9.18 Å². The minimum atomic E-state index is -3.45. The largest absolute Gasteiger partial charge is 0.323 e. The lowest BCUT2D eigenvalue weighted by molar-refractivity contribution is 0.175. The first kappa shape index (κ1) is 23.1. The molecule has 1 saturated heterocycles. The maximum Gasteiger partial charge on any atom is 0.323 e. The highest BCUT2D eigenvalue weighted by molar-refractivity contribution is 7.86. The number of anilines is 2. The van der Waals surface area contributed by atoms with Crippen molar-refractivity contribution in [2.24, 2.45) is 0 Å². The van der Waals surface area contributed by atoms with Gasteiger partial charge in [-0.15, -0.1) is 0 Å². The van der Waals surface area contributed by atoms with Crippen LogP contribution in [0.25, 0.3) is 0 Å². The number of carbonyl (C=O) groups is 1. The van der Waals surface area contributed by atoms with Gasteiger partial charge in [-0.2, -0.15) is 17.0 Å². The van der Waals surface area contributed by atoms with Gasteiger partial charge in [0.15, 0.2) is 0 Å². The highest BCUT2D eigenvalue weighted by Crippen LogP contribution is 2.19. The molecule has 0 atom stereocenters. The molecule has 11 heteroatoms. The number of pyridine rings is 1. The van der Waals surface area contributed by atoms with Crippen molar-refractivity contribution in [2.45, 2.75) is 13.5 Å². The minimum absolute atomic E-state index is 0.320. The van der Waals surface area contributed by atoms with E-state index in [2.05, 4.69) is 15.6 Å². The van der Waals surface area contributed by atoms with E-state index in [1.54, 1.807) is 24.4 Å². The summed E-state index contributed by atoms with van der Waals surface area (Å²) in [7, 11) is -0.444. The monoisotopic (exact) mass is 450 g/mol. The first-order valence-corrected chi connectivity index (χ1v) is 11.2. The van der Waals surface area contributed by atoms with E-state index < -0.39 is 16.2 Å². The summed E-state index contributed by atoms with van der Waals surface area (Å²) >= 11 is 0. The third-order valence-corrected chi connectivity index (χ3v) is 6.93. The van der Waals surface area contributed by atoms with Gasteiger partial charge < -0.3 is 10.6 Å². The third-order valence-electron chi connectivity index (χ3n) is 4.99.